The minimum atomic E-state index is -0.0754. The zero-order chi connectivity index (χ0) is 18.9. The Morgan fingerprint density at radius 3 is 2.54 bits per heavy atom. The molecule has 0 bridgehead atoms. The molecule has 138 valence electrons. The van der Waals surface area contributed by atoms with Gasteiger partial charge in [0, 0.05) is 37.9 Å². The molecule has 0 radical (unpaired) electrons. The summed E-state index contributed by atoms with van der Waals surface area (Å²) in [7, 11) is 1.68. The van der Waals surface area contributed by atoms with Crippen LogP contribution >= 0.6 is 11.8 Å². The summed E-state index contributed by atoms with van der Waals surface area (Å²) in [5, 5.41) is 17.0. The van der Waals surface area contributed by atoms with Crippen molar-refractivity contribution in [1.29, 1.82) is 5.26 Å². The molecule has 2 rings (SSSR count). The Balaban J connectivity index is 1.95. The normalized spacial score (nSPS) is 10.4. The van der Waals surface area contributed by atoms with Crippen molar-refractivity contribution in [1.82, 2.24) is 15.1 Å². The van der Waals surface area contributed by atoms with Crippen molar-refractivity contribution in [3.8, 4) is 17.5 Å². The van der Waals surface area contributed by atoms with E-state index in [1.807, 2.05) is 30.3 Å². The van der Waals surface area contributed by atoms with Crippen molar-refractivity contribution < 1.29 is 9.21 Å². The molecule has 1 aromatic heterocycles. The van der Waals surface area contributed by atoms with Crippen LogP contribution in [0.5, 0.6) is 0 Å². The first kappa shape index (κ1) is 19.8. The minimum absolute atomic E-state index is 0.0754. The summed E-state index contributed by atoms with van der Waals surface area (Å²) in [5.74, 6) is 0.558. The summed E-state index contributed by atoms with van der Waals surface area (Å²) in [6.45, 7) is 6.57. The maximum Gasteiger partial charge on any atom is 0.277 e. The molecular weight excluding hydrogens is 350 g/mol. The molecule has 0 saturated heterocycles. The first-order chi connectivity index (χ1) is 12.6. The van der Waals surface area contributed by atoms with Crippen molar-refractivity contribution >= 4 is 23.4 Å². The average molecular weight is 373 g/mol. The molecule has 0 unspecified atom stereocenters. The van der Waals surface area contributed by atoms with E-state index in [0.29, 0.717) is 24.1 Å². The van der Waals surface area contributed by atoms with Gasteiger partial charge in [-0.3, -0.25) is 4.79 Å². The first-order valence-corrected chi connectivity index (χ1v) is 9.50. The molecule has 8 heteroatoms. The average Bonchev–Trinajstić information content (AvgIpc) is 3.14. The highest BCUT2D eigenvalue weighted by molar-refractivity contribution is 7.99. The van der Waals surface area contributed by atoms with Crippen LogP contribution in [0.2, 0.25) is 0 Å². The number of carbonyl (C=O) groups is 1. The largest absolute Gasteiger partial charge is 0.411 e. The second kappa shape index (κ2) is 9.82. The predicted octanol–water partition coefficient (Wildman–Crippen LogP) is 3.05. The molecule has 0 saturated carbocycles. The predicted molar refractivity (Wildman–Crippen MR) is 102 cm³/mol. The van der Waals surface area contributed by atoms with Crippen LogP contribution in [0.25, 0.3) is 11.5 Å². The molecule has 0 atom stereocenters. The van der Waals surface area contributed by atoms with E-state index in [1.54, 1.807) is 7.05 Å². The lowest BCUT2D eigenvalue weighted by Gasteiger charge is -2.20. The van der Waals surface area contributed by atoms with Crippen LogP contribution in [0, 0.1) is 11.3 Å². The number of hydrogen-bond acceptors (Lipinski definition) is 7. The van der Waals surface area contributed by atoms with Crippen LogP contribution in [0.1, 0.15) is 20.3 Å². The summed E-state index contributed by atoms with van der Waals surface area (Å²) < 4.78 is 5.64. The smallest absolute Gasteiger partial charge is 0.277 e. The minimum Gasteiger partial charge on any atom is -0.411 e. The molecule has 0 aliphatic carbocycles. The Bertz CT molecular complexity index is 750. The molecular formula is C18H23N5O2S. The van der Waals surface area contributed by atoms with Gasteiger partial charge in [-0.2, -0.15) is 5.26 Å². The van der Waals surface area contributed by atoms with E-state index < -0.39 is 0 Å². The van der Waals surface area contributed by atoms with Gasteiger partial charge < -0.3 is 14.2 Å². The summed E-state index contributed by atoms with van der Waals surface area (Å²) in [6, 6.07) is 10.0. The number of thioether (sulfide) groups is 1. The van der Waals surface area contributed by atoms with Gasteiger partial charge >= 0.3 is 0 Å². The van der Waals surface area contributed by atoms with Gasteiger partial charge in [0.1, 0.15) is 0 Å². The van der Waals surface area contributed by atoms with Gasteiger partial charge in [0.05, 0.1) is 18.2 Å². The SMILES string of the molecule is CCN(CC)c1ccc(-c2nnc(SCC(=O)N(C)CCC#N)o2)cc1. The quantitative estimate of drug-likeness (QED) is 0.624. The first-order valence-electron chi connectivity index (χ1n) is 8.51. The third-order valence-electron chi connectivity index (χ3n) is 3.95. The molecule has 1 amide bonds. The number of nitrogens with zero attached hydrogens (tertiary/aromatic N) is 5. The highest BCUT2D eigenvalue weighted by atomic mass is 32.2. The lowest BCUT2D eigenvalue weighted by Crippen LogP contribution is -2.29. The molecule has 0 fully saturated rings. The molecule has 0 aliphatic rings. The van der Waals surface area contributed by atoms with Crippen LogP contribution in [0.4, 0.5) is 5.69 Å². The van der Waals surface area contributed by atoms with Gasteiger partial charge in [-0.15, -0.1) is 10.2 Å². The van der Waals surface area contributed by atoms with Gasteiger partial charge in [-0.05, 0) is 38.1 Å². The van der Waals surface area contributed by atoms with Crippen LogP contribution in [-0.2, 0) is 4.79 Å². The van der Waals surface area contributed by atoms with E-state index in [1.165, 1.54) is 16.7 Å². The molecule has 26 heavy (non-hydrogen) atoms. The maximum atomic E-state index is 12.0. The third kappa shape index (κ3) is 5.23. The third-order valence-corrected chi connectivity index (χ3v) is 4.76. The van der Waals surface area contributed by atoms with Gasteiger partial charge in [0.15, 0.2) is 0 Å². The van der Waals surface area contributed by atoms with Gasteiger partial charge in [0.2, 0.25) is 11.8 Å². The second-order valence-corrected chi connectivity index (χ2v) is 6.53. The maximum absolute atomic E-state index is 12.0. The topological polar surface area (TPSA) is 86.3 Å². The summed E-state index contributed by atoms with van der Waals surface area (Å²) in [6.07, 6.45) is 0.321. The van der Waals surface area contributed by atoms with E-state index in [2.05, 4.69) is 28.9 Å². The fourth-order valence-corrected chi connectivity index (χ4v) is 3.07. The zero-order valence-corrected chi connectivity index (χ0v) is 16.1. The Kier molecular flexibility index (Phi) is 7.48. The Hall–Kier alpha value is -2.53. The van der Waals surface area contributed by atoms with Gasteiger partial charge in [-0.25, -0.2) is 0 Å². The summed E-state index contributed by atoms with van der Waals surface area (Å²) >= 11 is 1.20. The monoisotopic (exact) mass is 373 g/mol. The van der Waals surface area contributed by atoms with Gasteiger partial charge in [-0.1, -0.05) is 11.8 Å². The summed E-state index contributed by atoms with van der Waals surface area (Å²) in [4.78, 5) is 15.7. The van der Waals surface area contributed by atoms with E-state index in [4.69, 9.17) is 9.68 Å². The number of nitriles is 1. The van der Waals surface area contributed by atoms with Crippen LogP contribution < -0.4 is 4.90 Å². The molecule has 0 spiro atoms. The fraction of sp³-hybridized carbons (Fsp3) is 0.444. The second-order valence-electron chi connectivity index (χ2n) is 5.60. The van der Waals surface area contributed by atoms with Crippen molar-refractivity contribution in [3.05, 3.63) is 24.3 Å². The number of carbonyl (C=O) groups excluding carboxylic acids is 1. The van der Waals surface area contributed by atoms with Crippen molar-refractivity contribution in [3.63, 3.8) is 0 Å². The Morgan fingerprint density at radius 1 is 1.23 bits per heavy atom. The number of benzene rings is 1. The lowest BCUT2D eigenvalue weighted by atomic mass is 10.2. The van der Waals surface area contributed by atoms with E-state index in [-0.39, 0.29) is 11.7 Å². The molecule has 1 heterocycles. The number of anilines is 1. The van der Waals surface area contributed by atoms with Crippen LogP contribution in [-0.4, -0.2) is 53.4 Å². The molecule has 1 aromatic carbocycles. The molecule has 2 aromatic rings. The number of aromatic nitrogens is 2. The highest BCUT2D eigenvalue weighted by Gasteiger charge is 2.14. The Labute approximate surface area is 158 Å². The number of hydrogen-bond donors (Lipinski definition) is 0. The van der Waals surface area contributed by atoms with Crippen LogP contribution in [0.15, 0.2) is 33.9 Å². The molecule has 0 aliphatic heterocycles. The van der Waals surface area contributed by atoms with Crippen molar-refractivity contribution in [2.75, 3.05) is 37.3 Å². The van der Waals surface area contributed by atoms with E-state index in [0.717, 1.165) is 24.3 Å². The van der Waals surface area contributed by atoms with E-state index in [9.17, 15) is 4.79 Å². The van der Waals surface area contributed by atoms with Crippen molar-refractivity contribution in [2.45, 2.75) is 25.5 Å². The van der Waals surface area contributed by atoms with Crippen molar-refractivity contribution in [2.24, 2.45) is 0 Å². The van der Waals surface area contributed by atoms with Crippen LogP contribution in [0.3, 0.4) is 0 Å². The Morgan fingerprint density at radius 2 is 1.92 bits per heavy atom. The molecule has 0 N–H and O–H groups in total. The van der Waals surface area contributed by atoms with E-state index >= 15 is 0 Å². The number of rotatable bonds is 9. The zero-order valence-electron chi connectivity index (χ0n) is 15.3. The standard InChI is InChI=1S/C18H23N5O2S/c1-4-23(5-2)15-9-7-14(8-10-15)17-20-21-18(25-17)26-13-16(24)22(3)12-6-11-19/h7-10H,4-6,12-13H2,1-3H3. The lowest BCUT2D eigenvalue weighted by molar-refractivity contribution is -0.127. The molecule has 7 nitrogen and oxygen atoms in total. The summed E-state index contributed by atoms with van der Waals surface area (Å²) in [5.41, 5.74) is 2.00. The number of amides is 1. The highest BCUT2D eigenvalue weighted by Crippen LogP contribution is 2.25. The van der Waals surface area contributed by atoms with Gasteiger partial charge in [0.25, 0.3) is 5.22 Å². The fourth-order valence-electron chi connectivity index (χ4n) is 2.36.